The lowest BCUT2D eigenvalue weighted by molar-refractivity contribution is -0.166. The van der Waals surface area contributed by atoms with Crippen molar-refractivity contribution in [2.24, 2.45) is 0 Å². The maximum absolute atomic E-state index is 12.7. The van der Waals surface area contributed by atoms with E-state index < -0.39 is 12.1 Å². The first kappa shape index (κ1) is 52.1. The Labute approximate surface area is 339 Å². The van der Waals surface area contributed by atoms with Gasteiger partial charge in [0.2, 0.25) is 0 Å². The van der Waals surface area contributed by atoms with Crippen molar-refractivity contribution in [1.29, 1.82) is 0 Å². The molecule has 0 amide bonds. The first-order valence-corrected chi connectivity index (χ1v) is 22.8. The summed E-state index contributed by atoms with van der Waals surface area (Å²) in [4.78, 5) is 37.5. The maximum Gasteiger partial charge on any atom is 0.309 e. The zero-order valence-corrected chi connectivity index (χ0v) is 35.9. The lowest BCUT2D eigenvalue weighted by Crippen LogP contribution is -2.30. The molecule has 0 rings (SSSR count). The number of hydrogen-bond acceptors (Lipinski definition) is 6. The van der Waals surface area contributed by atoms with Gasteiger partial charge < -0.3 is 14.2 Å². The van der Waals surface area contributed by atoms with E-state index in [0.29, 0.717) is 12.8 Å². The second-order valence-electron chi connectivity index (χ2n) is 15.0. The van der Waals surface area contributed by atoms with Crippen LogP contribution < -0.4 is 0 Å². The lowest BCUT2D eigenvalue weighted by atomic mass is 10.0. The molecule has 6 heteroatoms. The van der Waals surface area contributed by atoms with Gasteiger partial charge in [-0.05, 0) is 44.9 Å². The van der Waals surface area contributed by atoms with Crippen LogP contribution >= 0.6 is 0 Å². The SMILES string of the molecule is CC/C=C\C/C=C\C/C=C\C/C=C\C/C=C\CC(=O)OCC(COC(=O)CCCCCCCCC)OC(=O)CCCCCCCCCCCCCCCCC. The standard InChI is InChI=1S/C49H84O6/c1-4-7-10-13-16-18-20-22-24-26-28-30-33-36-39-42-48(51)54-45-46(44-53-47(50)41-38-35-32-15-12-9-6-3)55-49(52)43-40-37-34-31-29-27-25-23-21-19-17-14-11-8-5-2/h7,10,16,18,22,24,28,30,36,39,46H,4-6,8-9,11-15,17,19-21,23,25-27,29,31-35,37-38,40-45H2,1-3H3/b10-7-,18-16-,24-22-,30-28-,39-36-. The highest BCUT2D eigenvalue weighted by molar-refractivity contribution is 5.72. The summed E-state index contributed by atoms with van der Waals surface area (Å²) in [7, 11) is 0. The van der Waals surface area contributed by atoms with Gasteiger partial charge in [-0.2, -0.15) is 0 Å². The van der Waals surface area contributed by atoms with Crippen LogP contribution in [0.15, 0.2) is 60.8 Å². The molecular weight excluding hydrogens is 685 g/mol. The van der Waals surface area contributed by atoms with Crippen LogP contribution in [-0.2, 0) is 28.6 Å². The predicted molar refractivity (Wildman–Crippen MR) is 233 cm³/mol. The molecule has 0 heterocycles. The van der Waals surface area contributed by atoms with Crippen molar-refractivity contribution in [1.82, 2.24) is 0 Å². The van der Waals surface area contributed by atoms with Gasteiger partial charge in [0, 0.05) is 12.8 Å². The zero-order chi connectivity index (χ0) is 40.1. The Kier molecular flexibility index (Phi) is 41.5. The summed E-state index contributed by atoms with van der Waals surface area (Å²) in [5.41, 5.74) is 0. The fourth-order valence-corrected chi connectivity index (χ4v) is 6.16. The number of carbonyl (C=O) groups is 3. The normalized spacial score (nSPS) is 12.6. The predicted octanol–water partition coefficient (Wildman–Crippen LogP) is 14.5. The van der Waals surface area contributed by atoms with Crippen molar-refractivity contribution < 1.29 is 28.6 Å². The minimum absolute atomic E-state index is 0.102. The number of rotatable bonds is 40. The minimum Gasteiger partial charge on any atom is -0.462 e. The first-order valence-electron chi connectivity index (χ1n) is 22.8. The van der Waals surface area contributed by atoms with E-state index in [4.69, 9.17) is 14.2 Å². The molecule has 0 aromatic heterocycles. The van der Waals surface area contributed by atoms with Gasteiger partial charge in [-0.15, -0.1) is 0 Å². The van der Waals surface area contributed by atoms with Crippen LogP contribution in [0.5, 0.6) is 0 Å². The first-order chi connectivity index (χ1) is 27.0. The summed E-state index contributed by atoms with van der Waals surface area (Å²) >= 11 is 0. The fourth-order valence-electron chi connectivity index (χ4n) is 6.16. The molecule has 0 N–H and O–H groups in total. The minimum atomic E-state index is -0.806. The van der Waals surface area contributed by atoms with Crippen LogP contribution in [0, 0.1) is 0 Å². The molecule has 1 atom stereocenters. The number of unbranched alkanes of at least 4 members (excludes halogenated alkanes) is 20. The summed E-state index contributed by atoms with van der Waals surface area (Å²) in [6.45, 7) is 6.38. The second kappa shape index (κ2) is 43.8. The molecule has 55 heavy (non-hydrogen) atoms. The lowest BCUT2D eigenvalue weighted by Gasteiger charge is -2.18. The highest BCUT2D eigenvalue weighted by Crippen LogP contribution is 2.15. The average Bonchev–Trinajstić information content (AvgIpc) is 3.18. The number of allylic oxidation sites excluding steroid dienone is 9. The van der Waals surface area contributed by atoms with Gasteiger partial charge >= 0.3 is 17.9 Å². The topological polar surface area (TPSA) is 78.9 Å². The van der Waals surface area contributed by atoms with Gasteiger partial charge in [-0.3, -0.25) is 14.4 Å². The van der Waals surface area contributed by atoms with Crippen LogP contribution in [0.25, 0.3) is 0 Å². The molecule has 316 valence electrons. The highest BCUT2D eigenvalue weighted by atomic mass is 16.6. The van der Waals surface area contributed by atoms with Crippen molar-refractivity contribution in [2.75, 3.05) is 13.2 Å². The van der Waals surface area contributed by atoms with Crippen LogP contribution in [0.2, 0.25) is 0 Å². The molecule has 0 aromatic rings. The summed E-state index contributed by atoms with van der Waals surface area (Å²) in [6.07, 6.45) is 52.4. The smallest absolute Gasteiger partial charge is 0.309 e. The summed E-state index contributed by atoms with van der Waals surface area (Å²) in [6, 6.07) is 0. The molecule has 6 nitrogen and oxygen atoms in total. The molecule has 0 bridgehead atoms. The van der Waals surface area contributed by atoms with E-state index in [1.54, 1.807) is 6.08 Å². The van der Waals surface area contributed by atoms with E-state index in [-0.39, 0.29) is 31.6 Å². The summed E-state index contributed by atoms with van der Waals surface area (Å²) < 4.78 is 16.6. The third-order valence-corrected chi connectivity index (χ3v) is 9.57. The van der Waals surface area contributed by atoms with Crippen molar-refractivity contribution in [3.63, 3.8) is 0 Å². The van der Waals surface area contributed by atoms with Crippen molar-refractivity contribution in [3.05, 3.63) is 60.8 Å². The van der Waals surface area contributed by atoms with Crippen molar-refractivity contribution in [3.8, 4) is 0 Å². The zero-order valence-electron chi connectivity index (χ0n) is 35.9. The van der Waals surface area contributed by atoms with Gasteiger partial charge in [-0.25, -0.2) is 0 Å². The number of ether oxygens (including phenoxy) is 3. The second-order valence-corrected chi connectivity index (χ2v) is 15.0. The quantitative estimate of drug-likeness (QED) is 0.0267. The molecular formula is C49H84O6. The van der Waals surface area contributed by atoms with Crippen LogP contribution in [-0.4, -0.2) is 37.2 Å². The van der Waals surface area contributed by atoms with Crippen molar-refractivity contribution >= 4 is 17.9 Å². The molecule has 0 saturated heterocycles. The molecule has 0 radical (unpaired) electrons. The highest BCUT2D eigenvalue weighted by Gasteiger charge is 2.19. The Morgan fingerprint density at radius 2 is 0.709 bits per heavy atom. The Bertz CT molecular complexity index is 1020. The third-order valence-electron chi connectivity index (χ3n) is 9.57. The molecule has 0 aliphatic heterocycles. The van der Waals surface area contributed by atoms with Gasteiger partial charge in [0.15, 0.2) is 6.10 Å². The third kappa shape index (κ3) is 42.1. The molecule has 0 spiro atoms. The van der Waals surface area contributed by atoms with Crippen LogP contribution in [0.3, 0.4) is 0 Å². The Morgan fingerprint density at radius 1 is 0.382 bits per heavy atom. The van der Waals surface area contributed by atoms with Crippen molar-refractivity contribution in [2.45, 2.75) is 219 Å². The fraction of sp³-hybridized carbons (Fsp3) is 0.735. The Balaban J connectivity index is 4.42. The largest absolute Gasteiger partial charge is 0.462 e. The van der Waals surface area contributed by atoms with E-state index in [9.17, 15) is 14.4 Å². The Morgan fingerprint density at radius 3 is 1.11 bits per heavy atom. The van der Waals surface area contributed by atoms with Crippen LogP contribution in [0.1, 0.15) is 213 Å². The molecule has 0 fully saturated rings. The van der Waals surface area contributed by atoms with Gasteiger partial charge in [0.25, 0.3) is 0 Å². The molecule has 0 saturated carbocycles. The van der Waals surface area contributed by atoms with E-state index in [2.05, 4.69) is 69.4 Å². The van der Waals surface area contributed by atoms with Gasteiger partial charge in [0.05, 0.1) is 6.42 Å². The van der Waals surface area contributed by atoms with E-state index in [1.807, 2.05) is 6.08 Å². The van der Waals surface area contributed by atoms with Gasteiger partial charge in [-0.1, -0.05) is 210 Å². The van der Waals surface area contributed by atoms with E-state index >= 15 is 0 Å². The summed E-state index contributed by atoms with van der Waals surface area (Å²) in [5, 5.41) is 0. The molecule has 0 aliphatic rings. The number of hydrogen-bond donors (Lipinski definition) is 0. The van der Waals surface area contributed by atoms with E-state index in [1.165, 1.54) is 103 Å². The van der Waals surface area contributed by atoms with Gasteiger partial charge in [0.1, 0.15) is 13.2 Å². The molecule has 1 unspecified atom stereocenters. The monoisotopic (exact) mass is 769 g/mol. The van der Waals surface area contributed by atoms with E-state index in [0.717, 1.165) is 70.6 Å². The Hall–Kier alpha value is -2.89. The average molecular weight is 769 g/mol. The number of carbonyl (C=O) groups excluding carboxylic acids is 3. The van der Waals surface area contributed by atoms with Crippen LogP contribution in [0.4, 0.5) is 0 Å². The number of esters is 3. The summed E-state index contributed by atoms with van der Waals surface area (Å²) in [5.74, 6) is -1.04. The maximum atomic E-state index is 12.7. The molecule has 0 aliphatic carbocycles. The molecule has 0 aromatic carbocycles.